The summed E-state index contributed by atoms with van der Waals surface area (Å²) < 4.78 is 0. The van der Waals surface area contributed by atoms with Crippen LogP contribution < -0.4 is 10.2 Å². The Bertz CT molecular complexity index is 401. The molecular formula is C16H30N4. The molecule has 1 aromatic heterocycles. The van der Waals surface area contributed by atoms with Crippen LogP contribution in [0.15, 0.2) is 6.07 Å². The maximum Gasteiger partial charge on any atom is 0.135 e. The molecule has 0 aliphatic carbocycles. The summed E-state index contributed by atoms with van der Waals surface area (Å²) in [6.45, 7) is 16.0. The third kappa shape index (κ3) is 4.99. The van der Waals surface area contributed by atoms with Gasteiger partial charge in [0.25, 0.3) is 0 Å². The number of hydrogen-bond donors (Lipinski definition) is 1. The van der Waals surface area contributed by atoms with Crippen molar-refractivity contribution in [2.45, 2.75) is 53.9 Å². The van der Waals surface area contributed by atoms with E-state index in [-0.39, 0.29) is 0 Å². The smallest absolute Gasteiger partial charge is 0.135 e. The van der Waals surface area contributed by atoms with Gasteiger partial charge < -0.3 is 10.2 Å². The molecule has 114 valence electrons. The zero-order valence-corrected chi connectivity index (χ0v) is 13.9. The highest BCUT2D eigenvalue weighted by Gasteiger charge is 2.13. The van der Waals surface area contributed by atoms with Gasteiger partial charge in [0.2, 0.25) is 0 Å². The van der Waals surface area contributed by atoms with Crippen molar-refractivity contribution in [2.24, 2.45) is 5.92 Å². The highest BCUT2D eigenvalue weighted by molar-refractivity contribution is 5.49. The first-order valence-corrected chi connectivity index (χ1v) is 7.85. The van der Waals surface area contributed by atoms with E-state index in [2.05, 4.69) is 62.8 Å². The van der Waals surface area contributed by atoms with E-state index in [1.807, 2.05) is 0 Å². The van der Waals surface area contributed by atoms with Gasteiger partial charge in [0.1, 0.15) is 17.5 Å². The third-order valence-electron chi connectivity index (χ3n) is 3.09. The van der Waals surface area contributed by atoms with Crippen LogP contribution in [0.25, 0.3) is 0 Å². The summed E-state index contributed by atoms with van der Waals surface area (Å²) in [5, 5.41) is 3.38. The molecule has 0 aliphatic rings. The molecule has 0 aliphatic heterocycles. The Labute approximate surface area is 124 Å². The monoisotopic (exact) mass is 278 g/mol. The summed E-state index contributed by atoms with van der Waals surface area (Å²) >= 11 is 0. The summed E-state index contributed by atoms with van der Waals surface area (Å²) in [7, 11) is 0. The van der Waals surface area contributed by atoms with Crippen molar-refractivity contribution >= 4 is 11.6 Å². The highest BCUT2D eigenvalue weighted by atomic mass is 15.2. The number of rotatable bonds is 8. The SMILES string of the molecule is CCCNc1cc(N(CC)CC(C)C)nc(C(C)C)n1. The zero-order chi connectivity index (χ0) is 15.1. The van der Waals surface area contributed by atoms with Gasteiger partial charge in [0.05, 0.1) is 0 Å². The maximum absolute atomic E-state index is 4.74. The van der Waals surface area contributed by atoms with Gasteiger partial charge in [-0.05, 0) is 19.3 Å². The van der Waals surface area contributed by atoms with Crippen LogP contribution >= 0.6 is 0 Å². The van der Waals surface area contributed by atoms with E-state index in [4.69, 9.17) is 4.98 Å². The third-order valence-corrected chi connectivity index (χ3v) is 3.09. The molecule has 0 amide bonds. The predicted octanol–water partition coefficient (Wildman–Crippen LogP) is 3.90. The van der Waals surface area contributed by atoms with E-state index in [0.717, 1.165) is 43.5 Å². The Morgan fingerprint density at radius 1 is 1.15 bits per heavy atom. The van der Waals surface area contributed by atoms with Crippen LogP contribution in [0.3, 0.4) is 0 Å². The first kappa shape index (κ1) is 16.7. The average Bonchev–Trinajstić information content (AvgIpc) is 2.41. The molecule has 1 heterocycles. The second kappa shape index (κ2) is 8.08. The summed E-state index contributed by atoms with van der Waals surface area (Å²) in [6.07, 6.45) is 1.10. The molecule has 0 saturated heterocycles. The zero-order valence-electron chi connectivity index (χ0n) is 13.9. The molecule has 4 heteroatoms. The van der Waals surface area contributed by atoms with Crippen molar-refractivity contribution in [3.8, 4) is 0 Å². The minimum atomic E-state index is 0.342. The lowest BCUT2D eigenvalue weighted by Crippen LogP contribution is -2.28. The van der Waals surface area contributed by atoms with Crippen LogP contribution in [0.4, 0.5) is 11.6 Å². The lowest BCUT2D eigenvalue weighted by atomic mass is 10.2. The molecule has 0 unspecified atom stereocenters. The summed E-state index contributed by atoms with van der Waals surface area (Å²) in [6, 6.07) is 2.08. The number of aromatic nitrogens is 2. The fourth-order valence-electron chi connectivity index (χ4n) is 2.04. The molecule has 1 N–H and O–H groups in total. The topological polar surface area (TPSA) is 41.0 Å². The fraction of sp³-hybridized carbons (Fsp3) is 0.750. The maximum atomic E-state index is 4.74. The largest absolute Gasteiger partial charge is 0.370 e. The molecule has 0 fully saturated rings. The van der Waals surface area contributed by atoms with Crippen LogP contribution in [0.1, 0.15) is 59.7 Å². The molecule has 0 aromatic carbocycles. The molecule has 0 radical (unpaired) electrons. The Hall–Kier alpha value is -1.32. The first-order valence-electron chi connectivity index (χ1n) is 7.85. The number of nitrogens with one attached hydrogen (secondary N) is 1. The van der Waals surface area contributed by atoms with Crippen molar-refractivity contribution in [3.63, 3.8) is 0 Å². The van der Waals surface area contributed by atoms with Gasteiger partial charge in [-0.3, -0.25) is 0 Å². The van der Waals surface area contributed by atoms with E-state index in [1.165, 1.54) is 0 Å². The highest BCUT2D eigenvalue weighted by Crippen LogP contribution is 2.20. The van der Waals surface area contributed by atoms with E-state index >= 15 is 0 Å². The van der Waals surface area contributed by atoms with Crippen LogP contribution in [-0.2, 0) is 0 Å². The molecule has 1 rings (SSSR count). The van der Waals surface area contributed by atoms with Crippen molar-refractivity contribution < 1.29 is 0 Å². The van der Waals surface area contributed by atoms with E-state index < -0.39 is 0 Å². The quantitative estimate of drug-likeness (QED) is 0.783. The lowest BCUT2D eigenvalue weighted by Gasteiger charge is -2.25. The van der Waals surface area contributed by atoms with E-state index in [1.54, 1.807) is 0 Å². The second-order valence-electron chi connectivity index (χ2n) is 5.98. The molecule has 0 saturated carbocycles. The van der Waals surface area contributed by atoms with Gasteiger partial charge >= 0.3 is 0 Å². The molecule has 0 spiro atoms. The predicted molar refractivity (Wildman–Crippen MR) is 87.6 cm³/mol. The van der Waals surface area contributed by atoms with E-state index in [9.17, 15) is 0 Å². The Morgan fingerprint density at radius 3 is 2.35 bits per heavy atom. The normalized spacial score (nSPS) is 11.2. The first-order chi connectivity index (χ1) is 9.47. The molecular weight excluding hydrogens is 248 g/mol. The van der Waals surface area contributed by atoms with Gasteiger partial charge in [-0.25, -0.2) is 9.97 Å². The van der Waals surface area contributed by atoms with Gasteiger partial charge in [0.15, 0.2) is 0 Å². The molecule has 20 heavy (non-hydrogen) atoms. The van der Waals surface area contributed by atoms with Gasteiger partial charge in [-0.2, -0.15) is 0 Å². The number of nitrogens with zero attached hydrogens (tertiary/aromatic N) is 3. The van der Waals surface area contributed by atoms with Gasteiger partial charge in [-0.1, -0.05) is 34.6 Å². The Kier molecular flexibility index (Phi) is 6.76. The minimum absolute atomic E-state index is 0.342. The van der Waals surface area contributed by atoms with Gasteiger partial charge in [0, 0.05) is 31.6 Å². The molecule has 0 bridgehead atoms. The van der Waals surface area contributed by atoms with Crippen LogP contribution in [0.2, 0.25) is 0 Å². The fourth-order valence-corrected chi connectivity index (χ4v) is 2.04. The summed E-state index contributed by atoms with van der Waals surface area (Å²) in [5.41, 5.74) is 0. The summed E-state index contributed by atoms with van der Waals surface area (Å²) in [5.74, 6) is 3.87. The van der Waals surface area contributed by atoms with Crippen molar-refractivity contribution in [1.82, 2.24) is 9.97 Å². The number of hydrogen-bond acceptors (Lipinski definition) is 4. The van der Waals surface area contributed by atoms with Crippen molar-refractivity contribution in [1.29, 1.82) is 0 Å². The lowest BCUT2D eigenvalue weighted by molar-refractivity contribution is 0.611. The van der Waals surface area contributed by atoms with Crippen molar-refractivity contribution in [2.75, 3.05) is 29.9 Å². The van der Waals surface area contributed by atoms with Crippen LogP contribution in [-0.4, -0.2) is 29.6 Å². The average molecular weight is 278 g/mol. The Morgan fingerprint density at radius 2 is 1.85 bits per heavy atom. The van der Waals surface area contributed by atoms with Crippen LogP contribution in [0, 0.1) is 5.92 Å². The van der Waals surface area contributed by atoms with E-state index in [0.29, 0.717) is 11.8 Å². The molecule has 4 nitrogen and oxygen atoms in total. The van der Waals surface area contributed by atoms with Crippen LogP contribution in [0.5, 0.6) is 0 Å². The molecule has 0 atom stereocenters. The minimum Gasteiger partial charge on any atom is -0.370 e. The number of anilines is 2. The van der Waals surface area contributed by atoms with Crippen molar-refractivity contribution in [3.05, 3.63) is 11.9 Å². The van der Waals surface area contributed by atoms with Gasteiger partial charge in [-0.15, -0.1) is 0 Å². The second-order valence-corrected chi connectivity index (χ2v) is 5.98. The molecule has 1 aromatic rings. The summed E-state index contributed by atoms with van der Waals surface area (Å²) in [4.78, 5) is 11.7. The Balaban J connectivity index is 3.05. The standard InChI is InChI=1S/C16H30N4/c1-7-9-17-14-10-15(19-16(18-14)13(5)6)20(8-2)11-12(3)4/h10,12-13H,7-9,11H2,1-6H3,(H,17,18,19).